The lowest BCUT2D eigenvalue weighted by atomic mass is 10.2. The van der Waals surface area contributed by atoms with Crippen molar-refractivity contribution in [2.45, 2.75) is 30.6 Å². The molecule has 0 aliphatic heterocycles. The summed E-state index contributed by atoms with van der Waals surface area (Å²) < 4.78 is 103. The highest BCUT2D eigenvalue weighted by Crippen LogP contribution is 2.37. The van der Waals surface area contributed by atoms with Crippen molar-refractivity contribution < 1.29 is 58.8 Å². The molecule has 0 aliphatic rings. The van der Waals surface area contributed by atoms with Crippen LogP contribution in [0.1, 0.15) is 13.3 Å². The number of hydrogen-bond donors (Lipinski definition) is 2. The molecule has 0 radical (unpaired) electrons. The highest BCUT2D eigenvalue weighted by Gasteiger charge is 2.66. The fourth-order valence-electron chi connectivity index (χ4n) is 1.36. The zero-order chi connectivity index (χ0) is 21.7. The van der Waals surface area contributed by atoms with Gasteiger partial charge in [0.1, 0.15) is 5.78 Å². The minimum absolute atomic E-state index is 0.203. The second kappa shape index (κ2) is 8.71. The predicted molar refractivity (Wildman–Crippen MR) is 75.8 cm³/mol. The molecule has 9 nitrogen and oxygen atoms in total. The van der Waals surface area contributed by atoms with Gasteiger partial charge in [-0.25, -0.2) is 4.79 Å². The largest absolute Gasteiger partial charge is 0.466 e. The normalized spacial score (nSPS) is 14.8. The van der Waals surface area contributed by atoms with Crippen molar-refractivity contribution in [1.29, 1.82) is 0 Å². The molecule has 0 saturated heterocycles. The Bertz CT molecular complexity index is 705. The molecule has 1 atom stereocenters. The summed E-state index contributed by atoms with van der Waals surface area (Å²) in [5.74, 6) is -9.38. The van der Waals surface area contributed by atoms with E-state index in [1.165, 1.54) is 5.32 Å². The number of Topliss-reactive ketones (excluding diaryl/α,β-unsaturated/α-hetero) is 1. The molecular weight excluding hydrogens is 413 g/mol. The summed E-state index contributed by atoms with van der Waals surface area (Å²) in [4.78, 5) is 33.8. The van der Waals surface area contributed by atoms with Crippen molar-refractivity contribution in [3.05, 3.63) is 12.7 Å². The first kappa shape index (κ1) is 24.9. The number of esters is 1. The van der Waals surface area contributed by atoms with E-state index in [0.717, 1.165) is 6.92 Å². The summed E-state index contributed by atoms with van der Waals surface area (Å²) in [7, 11) is -5.99. The summed E-state index contributed by atoms with van der Waals surface area (Å²) in [6.07, 6.45) is -7.65. The van der Waals surface area contributed by atoms with Crippen molar-refractivity contribution in [1.82, 2.24) is 5.32 Å². The number of carbonyl (C=O) groups excluding carboxylic acids is 3. The zero-order valence-electron chi connectivity index (χ0n) is 13.5. The number of alkyl halides is 5. The standard InChI is InChI=1S/C12H14F5NO8S/c1-3-8(20)26-11(12(15,16)17,9(21)18-6-7(2)19)25-5-4-10(13,14)27(22,23)24/h3H,1,4-6H2,2H3,(H,18,21)(H,22,23,24). The van der Waals surface area contributed by atoms with Crippen molar-refractivity contribution in [2.24, 2.45) is 0 Å². The average Bonchev–Trinajstić information content (AvgIpc) is 2.48. The number of amides is 1. The van der Waals surface area contributed by atoms with Gasteiger partial charge in [0.2, 0.25) is 0 Å². The van der Waals surface area contributed by atoms with E-state index >= 15 is 0 Å². The molecule has 15 heteroatoms. The maximum Gasteiger partial charge on any atom is 0.466 e. The smallest absolute Gasteiger partial charge is 0.412 e. The first-order valence-corrected chi connectivity index (χ1v) is 8.13. The third-order valence-corrected chi connectivity index (χ3v) is 3.62. The van der Waals surface area contributed by atoms with Gasteiger partial charge < -0.3 is 14.8 Å². The number of hydrogen-bond acceptors (Lipinski definition) is 7. The lowest BCUT2D eigenvalue weighted by Gasteiger charge is -2.33. The number of ketones is 1. The van der Waals surface area contributed by atoms with Crippen LogP contribution in [0, 0.1) is 0 Å². The van der Waals surface area contributed by atoms with E-state index in [2.05, 4.69) is 16.1 Å². The van der Waals surface area contributed by atoms with E-state index in [-0.39, 0.29) is 6.08 Å². The Hall–Kier alpha value is -2.13. The molecule has 0 aromatic carbocycles. The van der Waals surface area contributed by atoms with Gasteiger partial charge in [0.15, 0.2) is 0 Å². The van der Waals surface area contributed by atoms with E-state index < -0.39 is 64.6 Å². The Kier molecular flexibility index (Phi) is 8.02. The van der Waals surface area contributed by atoms with Crippen molar-refractivity contribution in [2.75, 3.05) is 13.2 Å². The van der Waals surface area contributed by atoms with E-state index in [4.69, 9.17) is 4.55 Å². The lowest BCUT2D eigenvalue weighted by molar-refractivity contribution is -0.347. The molecule has 0 saturated carbocycles. The summed E-state index contributed by atoms with van der Waals surface area (Å²) in [5.41, 5.74) is 0. The third-order valence-electron chi connectivity index (χ3n) is 2.66. The number of nitrogens with one attached hydrogen (secondary N) is 1. The third kappa shape index (κ3) is 6.51. The fourth-order valence-corrected chi connectivity index (χ4v) is 1.70. The van der Waals surface area contributed by atoms with Crippen LogP contribution in [0.15, 0.2) is 12.7 Å². The first-order chi connectivity index (χ1) is 12.0. The molecule has 0 spiro atoms. The van der Waals surface area contributed by atoms with Crippen LogP contribution >= 0.6 is 0 Å². The van der Waals surface area contributed by atoms with E-state index in [0.29, 0.717) is 0 Å². The first-order valence-electron chi connectivity index (χ1n) is 6.69. The van der Waals surface area contributed by atoms with Crippen molar-refractivity contribution in [3.63, 3.8) is 0 Å². The van der Waals surface area contributed by atoms with Gasteiger partial charge in [-0.3, -0.25) is 14.1 Å². The van der Waals surface area contributed by atoms with Gasteiger partial charge in [0, 0.05) is 6.08 Å². The Balaban J connectivity index is 5.79. The molecule has 0 rings (SSSR count). The zero-order valence-corrected chi connectivity index (χ0v) is 14.3. The number of ether oxygens (including phenoxy) is 2. The summed E-state index contributed by atoms with van der Waals surface area (Å²) in [5, 5.41) is -3.48. The Labute approximate surface area is 149 Å². The quantitative estimate of drug-likeness (QED) is 0.170. The molecule has 2 N–H and O–H groups in total. The summed E-state index contributed by atoms with van der Waals surface area (Å²) >= 11 is 0. The van der Waals surface area contributed by atoms with Gasteiger partial charge in [-0.1, -0.05) is 6.58 Å². The van der Waals surface area contributed by atoms with Crippen LogP contribution in [0.3, 0.4) is 0 Å². The van der Waals surface area contributed by atoms with Crippen LogP contribution in [0.4, 0.5) is 22.0 Å². The minimum Gasteiger partial charge on any atom is -0.412 e. The summed E-state index contributed by atoms with van der Waals surface area (Å²) in [6.45, 7) is 0.931. The second-order valence-electron chi connectivity index (χ2n) is 4.84. The lowest BCUT2D eigenvalue weighted by Crippen LogP contribution is -2.62. The molecule has 27 heavy (non-hydrogen) atoms. The van der Waals surface area contributed by atoms with Gasteiger partial charge in [-0.05, 0) is 6.92 Å². The van der Waals surface area contributed by atoms with Gasteiger partial charge >= 0.3 is 39.2 Å². The number of rotatable bonds is 10. The van der Waals surface area contributed by atoms with Gasteiger partial charge in [-0.15, -0.1) is 0 Å². The van der Waals surface area contributed by atoms with E-state index in [9.17, 15) is 44.8 Å². The minimum atomic E-state index is -5.99. The molecule has 156 valence electrons. The van der Waals surface area contributed by atoms with Crippen LogP contribution in [0.25, 0.3) is 0 Å². The molecule has 0 fully saturated rings. The maximum absolute atomic E-state index is 13.4. The van der Waals surface area contributed by atoms with E-state index in [1.807, 2.05) is 0 Å². The average molecular weight is 427 g/mol. The topological polar surface area (TPSA) is 136 Å². The molecule has 1 amide bonds. The maximum atomic E-state index is 13.4. The number of carbonyl (C=O) groups is 3. The van der Waals surface area contributed by atoms with E-state index in [1.54, 1.807) is 0 Å². The Morgan fingerprint density at radius 3 is 2.07 bits per heavy atom. The van der Waals surface area contributed by atoms with Crippen LogP contribution in [0.2, 0.25) is 0 Å². The second-order valence-corrected chi connectivity index (χ2v) is 6.38. The van der Waals surface area contributed by atoms with Crippen molar-refractivity contribution in [3.8, 4) is 0 Å². The SMILES string of the molecule is C=CC(=O)OC(OCCC(F)(F)S(=O)(=O)O)(C(=O)NCC(C)=O)C(F)(F)F. The van der Waals surface area contributed by atoms with Gasteiger partial charge in [0.25, 0.3) is 0 Å². The van der Waals surface area contributed by atoms with Gasteiger partial charge in [-0.2, -0.15) is 30.4 Å². The van der Waals surface area contributed by atoms with Crippen LogP contribution in [-0.2, 0) is 34.0 Å². The fraction of sp³-hybridized carbons (Fsp3) is 0.583. The van der Waals surface area contributed by atoms with Crippen LogP contribution < -0.4 is 5.32 Å². The van der Waals surface area contributed by atoms with Crippen LogP contribution in [0.5, 0.6) is 0 Å². The van der Waals surface area contributed by atoms with Crippen molar-refractivity contribution >= 4 is 27.8 Å². The number of halogens is 5. The Morgan fingerprint density at radius 2 is 1.70 bits per heavy atom. The monoisotopic (exact) mass is 427 g/mol. The highest BCUT2D eigenvalue weighted by molar-refractivity contribution is 7.86. The Morgan fingerprint density at radius 1 is 1.19 bits per heavy atom. The predicted octanol–water partition coefficient (Wildman–Crippen LogP) is 0.567. The molecular formula is C12H14F5NO8S. The molecule has 0 heterocycles. The molecule has 1 unspecified atom stereocenters. The molecule has 0 aliphatic carbocycles. The van der Waals surface area contributed by atoms with Crippen LogP contribution in [-0.4, -0.2) is 61.0 Å². The molecule has 0 aromatic heterocycles. The highest BCUT2D eigenvalue weighted by atomic mass is 32.2. The van der Waals surface area contributed by atoms with Gasteiger partial charge in [0.05, 0.1) is 19.6 Å². The summed E-state index contributed by atoms with van der Waals surface area (Å²) in [6, 6.07) is 0. The molecule has 0 aromatic rings. The molecule has 0 bridgehead atoms.